The molecule has 0 saturated heterocycles. The minimum absolute atomic E-state index is 0.102. The van der Waals surface area contributed by atoms with Crippen molar-refractivity contribution < 1.29 is 4.39 Å². The van der Waals surface area contributed by atoms with Crippen LogP contribution in [-0.2, 0) is 0 Å². The van der Waals surface area contributed by atoms with Gasteiger partial charge in [0.1, 0.15) is 5.83 Å². The van der Waals surface area contributed by atoms with Crippen molar-refractivity contribution in [3.63, 3.8) is 0 Å². The van der Waals surface area contributed by atoms with Crippen LogP contribution in [0, 0.1) is 0 Å². The zero-order chi connectivity index (χ0) is 8.41. The molecule has 0 fully saturated rings. The van der Waals surface area contributed by atoms with Crippen LogP contribution in [0.5, 0.6) is 0 Å². The molecular formula is C9H17F. The second kappa shape index (κ2) is 11.2. The molecule has 0 heterocycles. The van der Waals surface area contributed by atoms with Crippen LogP contribution in [0.15, 0.2) is 24.1 Å². The Balaban J connectivity index is 0. The number of allylic oxidation sites excluding steroid dienone is 4. The van der Waals surface area contributed by atoms with Crippen molar-refractivity contribution in [2.75, 3.05) is 0 Å². The summed E-state index contributed by atoms with van der Waals surface area (Å²) >= 11 is 0. The first kappa shape index (κ1) is 12.1. The summed E-state index contributed by atoms with van der Waals surface area (Å²) < 4.78 is 11.7. The van der Waals surface area contributed by atoms with Gasteiger partial charge in [0.15, 0.2) is 0 Å². The van der Waals surface area contributed by atoms with Crippen LogP contribution < -0.4 is 0 Å². The molecule has 1 aliphatic carbocycles. The zero-order valence-corrected chi connectivity index (χ0v) is 7.32. The molecule has 0 spiro atoms. The van der Waals surface area contributed by atoms with E-state index in [4.69, 9.17) is 0 Å². The van der Waals surface area contributed by atoms with Crippen LogP contribution in [0.3, 0.4) is 0 Å². The van der Waals surface area contributed by atoms with Crippen molar-refractivity contribution in [2.24, 2.45) is 0 Å². The van der Waals surface area contributed by atoms with Crippen LogP contribution in [0.2, 0.25) is 0 Å². The van der Waals surface area contributed by atoms with Crippen molar-refractivity contribution in [3.8, 4) is 0 Å². The van der Waals surface area contributed by atoms with Gasteiger partial charge in [-0.05, 0) is 18.6 Å². The van der Waals surface area contributed by atoms with Crippen molar-refractivity contribution in [3.05, 3.63) is 24.1 Å². The van der Waals surface area contributed by atoms with E-state index in [1.807, 2.05) is 27.7 Å². The maximum absolute atomic E-state index is 11.7. The van der Waals surface area contributed by atoms with Gasteiger partial charge in [-0.25, -0.2) is 4.39 Å². The molecule has 60 valence electrons. The molecule has 1 rings (SSSR count). The van der Waals surface area contributed by atoms with E-state index in [0.717, 1.165) is 6.42 Å². The van der Waals surface area contributed by atoms with Crippen molar-refractivity contribution in [2.45, 2.75) is 34.1 Å². The number of hydrogen-bond donors (Lipinski definition) is 0. The highest BCUT2D eigenvalue weighted by Crippen LogP contribution is 2.07. The second-order valence-corrected chi connectivity index (χ2v) is 1.23. The number of rotatable bonds is 0. The molecule has 1 aliphatic rings. The summed E-state index contributed by atoms with van der Waals surface area (Å²) in [5.74, 6) is -0.102. The van der Waals surface area contributed by atoms with Crippen molar-refractivity contribution in [1.82, 2.24) is 0 Å². The largest absolute Gasteiger partial charge is 0.207 e. The van der Waals surface area contributed by atoms with Gasteiger partial charge in [-0.15, -0.1) is 0 Å². The van der Waals surface area contributed by atoms with E-state index in [2.05, 4.69) is 0 Å². The third-order valence-corrected chi connectivity index (χ3v) is 0.726. The molecule has 0 aromatic heterocycles. The van der Waals surface area contributed by atoms with Gasteiger partial charge in [-0.1, -0.05) is 33.8 Å². The fraction of sp³-hybridized carbons (Fsp3) is 0.556. The lowest BCUT2D eigenvalue weighted by Crippen LogP contribution is -1.48. The average Bonchev–Trinajstić information content (AvgIpc) is 2.48. The Morgan fingerprint density at radius 1 is 1.20 bits per heavy atom. The molecule has 0 saturated carbocycles. The molecule has 0 atom stereocenters. The fourth-order valence-electron chi connectivity index (χ4n) is 0.429. The Kier molecular flexibility index (Phi) is 13.6. The van der Waals surface area contributed by atoms with Gasteiger partial charge in [0.25, 0.3) is 0 Å². The van der Waals surface area contributed by atoms with E-state index in [1.165, 1.54) is 6.08 Å². The predicted molar refractivity (Wildman–Crippen MR) is 45.6 cm³/mol. The van der Waals surface area contributed by atoms with Gasteiger partial charge in [0, 0.05) is 0 Å². The van der Waals surface area contributed by atoms with Gasteiger partial charge in [0.2, 0.25) is 0 Å². The topological polar surface area (TPSA) is 0 Å². The summed E-state index contributed by atoms with van der Waals surface area (Å²) in [4.78, 5) is 0. The molecule has 0 radical (unpaired) electrons. The van der Waals surface area contributed by atoms with E-state index >= 15 is 0 Å². The molecule has 0 bridgehead atoms. The van der Waals surface area contributed by atoms with Gasteiger partial charge in [0.05, 0.1) is 0 Å². The minimum Gasteiger partial charge on any atom is -0.207 e. The molecule has 0 nitrogen and oxygen atoms in total. The lowest BCUT2D eigenvalue weighted by molar-refractivity contribution is 0.668. The van der Waals surface area contributed by atoms with Crippen LogP contribution >= 0.6 is 0 Å². The van der Waals surface area contributed by atoms with E-state index in [0.29, 0.717) is 0 Å². The summed E-state index contributed by atoms with van der Waals surface area (Å²) in [5, 5.41) is 0. The summed E-state index contributed by atoms with van der Waals surface area (Å²) in [6.45, 7) is 8.00. The monoisotopic (exact) mass is 144 g/mol. The quantitative estimate of drug-likeness (QED) is 0.484. The lowest BCUT2D eigenvalue weighted by atomic mass is 10.5. The first-order chi connectivity index (χ1) is 4.89. The Bertz CT molecular complexity index is 98.5. The average molecular weight is 144 g/mol. The maximum atomic E-state index is 11.7. The second-order valence-electron chi connectivity index (χ2n) is 1.23. The van der Waals surface area contributed by atoms with E-state index in [1.54, 1.807) is 12.2 Å². The third-order valence-electron chi connectivity index (χ3n) is 0.726. The molecule has 0 aliphatic heterocycles. The van der Waals surface area contributed by atoms with Crippen LogP contribution in [0.4, 0.5) is 4.39 Å². The molecule has 10 heavy (non-hydrogen) atoms. The third kappa shape index (κ3) is 7.41. The molecular weight excluding hydrogens is 127 g/mol. The fourth-order valence-corrected chi connectivity index (χ4v) is 0.429. The van der Waals surface area contributed by atoms with Gasteiger partial charge >= 0.3 is 0 Å². The zero-order valence-electron chi connectivity index (χ0n) is 7.32. The summed E-state index contributed by atoms with van der Waals surface area (Å²) in [6, 6.07) is 0. The first-order valence-corrected chi connectivity index (χ1v) is 3.92. The van der Waals surface area contributed by atoms with Crippen molar-refractivity contribution in [1.29, 1.82) is 0 Å². The molecule has 0 aromatic rings. The van der Waals surface area contributed by atoms with Crippen molar-refractivity contribution >= 4 is 0 Å². The maximum Gasteiger partial charge on any atom is 0.119 e. The number of hydrogen-bond acceptors (Lipinski definition) is 0. The van der Waals surface area contributed by atoms with Gasteiger partial charge < -0.3 is 0 Å². The summed E-state index contributed by atoms with van der Waals surface area (Å²) in [7, 11) is 0. The van der Waals surface area contributed by atoms with E-state index in [9.17, 15) is 4.39 Å². The SMILES string of the molecule is CC.CC.FC1=CCC=C1. The Morgan fingerprint density at radius 2 is 1.70 bits per heavy atom. The summed E-state index contributed by atoms with van der Waals surface area (Å²) in [5.41, 5.74) is 0. The smallest absolute Gasteiger partial charge is 0.119 e. The molecule has 0 aromatic carbocycles. The van der Waals surface area contributed by atoms with E-state index in [-0.39, 0.29) is 5.83 Å². The highest BCUT2D eigenvalue weighted by atomic mass is 19.1. The Labute approximate surface area is 63.5 Å². The lowest BCUT2D eigenvalue weighted by Gasteiger charge is -1.67. The predicted octanol–water partition coefficient (Wildman–Crippen LogP) is 3.85. The highest BCUT2D eigenvalue weighted by Gasteiger charge is 1.89. The highest BCUT2D eigenvalue weighted by molar-refractivity contribution is 5.19. The molecule has 1 heteroatoms. The molecule has 0 amide bonds. The van der Waals surface area contributed by atoms with Crippen LogP contribution in [-0.4, -0.2) is 0 Å². The standard InChI is InChI=1S/C5H5F.2C2H6/c6-5-3-1-2-4-5;2*1-2/h1,3-4H,2H2;2*1-2H3. The normalized spacial score (nSPS) is 12.3. The number of halogens is 1. The Hall–Kier alpha value is -0.590. The van der Waals surface area contributed by atoms with Crippen LogP contribution in [0.1, 0.15) is 34.1 Å². The van der Waals surface area contributed by atoms with Gasteiger partial charge in [-0.2, -0.15) is 0 Å². The molecule has 0 N–H and O–H groups in total. The van der Waals surface area contributed by atoms with Gasteiger partial charge in [-0.3, -0.25) is 0 Å². The minimum atomic E-state index is -0.102. The summed E-state index contributed by atoms with van der Waals surface area (Å²) in [6.07, 6.45) is 5.57. The van der Waals surface area contributed by atoms with E-state index < -0.39 is 0 Å². The Morgan fingerprint density at radius 3 is 1.80 bits per heavy atom. The first-order valence-electron chi connectivity index (χ1n) is 3.92. The van der Waals surface area contributed by atoms with Crippen LogP contribution in [0.25, 0.3) is 0 Å². The molecule has 0 unspecified atom stereocenters.